The number of amides is 1. The van der Waals surface area contributed by atoms with Crippen molar-refractivity contribution in [2.45, 2.75) is 13.8 Å². The van der Waals surface area contributed by atoms with Crippen LogP contribution in [0.2, 0.25) is 0 Å². The molecule has 2 heterocycles. The number of aromatic nitrogens is 2. The Morgan fingerprint density at radius 1 is 1.19 bits per heavy atom. The van der Waals surface area contributed by atoms with Crippen LogP contribution in [0, 0.1) is 5.92 Å². The molecule has 1 amide bonds. The van der Waals surface area contributed by atoms with Gasteiger partial charge < -0.3 is 0 Å². The summed E-state index contributed by atoms with van der Waals surface area (Å²) in [7, 11) is 0. The Kier molecular flexibility index (Phi) is 3.13. The first-order chi connectivity index (χ1) is 10.1. The van der Waals surface area contributed by atoms with E-state index in [1.165, 1.54) is 6.07 Å². The molecule has 1 N–H and O–H groups in total. The van der Waals surface area contributed by atoms with Crippen LogP contribution in [0.1, 0.15) is 13.8 Å². The molecule has 0 saturated carbocycles. The van der Waals surface area contributed by atoms with E-state index in [0.717, 1.165) is 10.6 Å². The summed E-state index contributed by atoms with van der Waals surface area (Å²) in [6.45, 7) is 3.56. The Morgan fingerprint density at radius 2 is 1.90 bits per heavy atom. The van der Waals surface area contributed by atoms with Crippen molar-refractivity contribution in [2.75, 3.05) is 5.01 Å². The molecule has 3 rings (SSSR count). The molecule has 0 spiro atoms. The highest BCUT2D eigenvalue weighted by Gasteiger charge is 2.32. The fourth-order valence-corrected chi connectivity index (χ4v) is 2.11. The molecule has 0 radical (unpaired) electrons. The zero-order valence-electron chi connectivity index (χ0n) is 11.7. The smallest absolute Gasteiger partial charge is 0.258 e. The molecule has 0 fully saturated rings. The van der Waals surface area contributed by atoms with Gasteiger partial charge in [0.2, 0.25) is 5.95 Å². The summed E-state index contributed by atoms with van der Waals surface area (Å²) in [6, 6.07) is 10.7. The van der Waals surface area contributed by atoms with Gasteiger partial charge in [-0.2, -0.15) is 10.1 Å². The number of anilines is 1. The monoisotopic (exact) mass is 282 g/mol. The van der Waals surface area contributed by atoms with E-state index in [1.807, 2.05) is 30.3 Å². The van der Waals surface area contributed by atoms with Gasteiger partial charge in [0.1, 0.15) is 0 Å². The summed E-state index contributed by atoms with van der Waals surface area (Å²) >= 11 is 0. The molecular formula is C15H14N4O2. The minimum atomic E-state index is -0.320. The molecule has 1 aromatic carbocycles. The molecular weight excluding hydrogens is 268 g/mol. The van der Waals surface area contributed by atoms with Gasteiger partial charge >= 0.3 is 0 Å². The molecule has 1 aliphatic heterocycles. The standard InChI is InChI=1S/C15H14N4O2/c1-9-10(2)18-19(14(9)21)15-16-12(8-13(20)17-15)11-6-4-3-5-7-11/h3-9H,1-2H3,(H,16,17,20). The van der Waals surface area contributed by atoms with Crippen molar-refractivity contribution in [1.29, 1.82) is 0 Å². The first-order valence-corrected chi connectivity index (χ1v) is 6.62. The average molecular weight is 282 g/mol. The highest BCUT2D eigenvalue weighted by atomic mass is 16.2. The number of aromatic amines is 1. The second-order valence-electron chi connectivity index (χ2n) is 4.93. The Bertz CT molecular complexity index is 780. The first kappa shape index (κ1) is 13.2. The van der Waals surface area contributed by atoms with E-state index < -0.39 is 0 Å². The van der Waals surface area contributed by atoms with Crippen LogP contribution < -0.4 is 10.6 Å². The van der Waals surface area contributed by atoms with Gasteiger partial charge in [0.25, 0.3) is 11.5 Å². The number of hydrogen-bond donors (Lipinski definition) is 1. The van der Waals surface area contributed by atoms with Crippen LogP contribution in [0.15, 0.2) is 46.3 Å². The number of H-pyrrole nitrogens is 1. The number of benzene rings is 1. The Balaban J connectivity index is 2.08. The molecule has 21 heavy (non-hydrogen) atoms. The Labute approximate surface area is 121 Å². The number of nitrogens with one attached hydrogen (secondary N) is 1. The fourth-order valence-electron chi connectivity index (χ4n) is 2.11. The van der Waals surface area contributed by atoms with Crippen molar-refractivity contribution in [3.8, 4) is 11.3 Å². The molecule has 1 unspecified atom stereocenters. The predicted octanol–water partition coefficient (Wildman–Crippen LogP) is 1.80. The highest BCUT2D eigenvalue weighted by Crippen LogP contribution is 2.22. The van der Waals surface area contributed by atoms with Crippen molar-refractivity contribution in [1.82, 2.24) is 9.97 Å². The van der Waals surface area contributed by atoms with E-state index in [2.05, 4.69) is 15.1 Å². The number of nitrogens with zero attached hydrogens (tertiary/aromatic N) is 3. The lowest BCUT2D eigenvalue weighted by Crippen LogP contribution is -2.28. The minimum Gasteiger partial charge on any atom is -0.291 e. The lowest BCUT2D eigenvalue weighted by Gasteiger charge is -2.12. The van der Waals surface area contributed by atoms with Crippen LogP contribution in [0.25, 0.3) is 11.3 Å². The molecule has 2 aromatic rings. The summed E-state index contributed by atoms with van der Waals surface area (Å²) in [5, 5.41) is 5.33. The highest BCUT2D eigenvalue weighted by molar-refractivity contribution is 6.13. The van der Waals surface area contributed by atoms with Crippen LogP contribution in [-0.4, -0.2) is 21.6 Å². The Hall–Kier alpha value is -2.76. The van der Waals surface area contributed by atoms with Gasteiger partial charge in [0.15, 0.2) is 0 Å². The lowest BCUT2D eigenvalue weighted by atomic mass is 10.1. The van der Waals surface area contributed by atoms with Crippen LogP contribution in [0.5, 0.6) is 0 Å². The van der Waals surface area contributed by atoms with Crippen molar-refractivity contribution < 1.29 is 4.79 Å². The third-order valence-electron chi connectivity index (χ3n) is 3.46. The summed E-state index contributed by atoms with van der Waals surface area (Å²) in [5.41, 5.74) is 1.70. The molecule has 6 nitrogen and oxygen atoms in total. The third kappa shape index (κ3) is 2.35. The normalized spacial score (nSPS) is 18.0. The molecule has 106 valence electrons. The van der Waals surface area contributed by atoms with E-state index >= 15 is 0 Å². The molecule has 0 bridgehead atoms. The van der Waals surface area contributed by atoms with Crippen LogP contribution in [0.4, 0.5) is 5.95 Å². The van der Waals surface area contributed by atoms with Crippen molar-refractivity contribution in [3.63, 3.8) is 0 Å². The zero-order valence-corrected chi connectivity index (χ0v) is 11.7. The van der Waals surface area contributed by atoms with Crippen molar-refractivity contribution >= 4 is 17.6 Å². The van der Waals surface area contributed by atoms with Crippen molar-refractivity contribution in [3.05, 3.63) is 46.8 Å². The average Bonchev–Trinajstić information content (AvgIpc) is 2.75. The SMILES string of the molecule is CC1=NN(c2nc(-c3ccccc3)cc(=O)[nH]2)C(=O)C1C. The van der Waals surface area contributed by atoms with Gasteiger partial charge in [0.05, 0.1) is 11.6 Å². The largest absolute Gasteiger partial charge is 0.291 e. The van der Waals surface area contributed by atoms with E-state index in [1.54, 1.807) is 13.8 Å². The summed E-state index contributed by atoms with van der Waals surface area (Å²) in [4.78, 5) is 30.9. The van der Waals surface area contributed by atoms with Gasteiger partial charge in [-0.3, -0.25) is 14.6 Å². The number of rotatable bonds is 2. The van der Waals surface area contributed by atoms with E-state index in [4.69, 9.17) is 0 Å². The Morgan fingerprint density at radius 3 is 2.52 bits per heavy atom. The maximum Gasteiger partial charge on any atom is 0.258 e. The lowest BCUT2D eigenvalue weighted by molar-refractivity contribution is -0.119. The van der Waals surface area contributed by atoms with Gasteiger partial charge in [-0.05, 0) is 13.8 Å². The number of hydrogen-bond acceptors (Lipinski definition) is 4. The summed E-state index contributed by atoms with van der Waals surface area (Å²) < 4.78 is 0. The summed E-state index contributed by atoms with van der Waals surface area (Å²) in [5.74, 6) is -0.341. The second kappa shape index (κ2) is 4.97. The number of hydrazone groups is 1. The predicted molar refractivity (Wildman–Crippen MR) is 80.1 cm³/mol. The number of carbonyl (C=O) groups is 1. The van der Waals surface area contributed by atoms with Crippen LogP contribution in [0.3, 0.4) is 0 Å². The van der Waals surface area contributed by atoms with Crippen LogP contribution in [-0.2, 0) is 4.79 Å². The summed E-state index contributed by atoms with van der Waals surface area (Å²) in [6.07, 6.45) is 0. The molecule has 1 aromatic heterocycles. The minimum absolute atomic E-state index is 0.148. The van der Waals surface area contributed by atoms with Gasteiger partial charge in [-0.15, -0.1) is 0 Å². The maximum atomic E-state index is 12.1. The van der Waals surface area contributed by atoms with Crippen molar-refractivity contribution in [2.24, 2.45) is 11.0 Å². The molecule has 1 atom stereocenters. The van der Waals surface area contributed by atoms with Gasteiger partial charge in [0, 0.05) is 17.3 Å². The number of carbonyl (C=O) groups excluding carboxylic acids is 1. The van der Waals surface area contributed by atoms with E-state index in [0.29, 0.717) is 11.4 Å². The third-order valence-corrected chi connectivity index (χ3v) is 3.46. The molecule has 1 aliphatic rings. The van der Waals surface area contributed by atoms with Gasteiger partial charge in [-0.1, -0.05) is 30.3 Å². The van der Waals surface area contributed by atoms with Gasteiger partial charge in [-0.25, -0.2) is 4.98 Å². The second-order valence-corrected chi connectivity index (χ2v) is 4.93. The fraction of sp³-hybridized carbons (Fsp3) is 0.200. The van der Waals surface area contributed by atoms with Crippen LogP contribution >= 0.6 is 0 Å². The topological polar surface area (TPSA) is 78.4 Å². The quantitative estimate of drug-likeness (QED) is 0.912. The molecule has 0 aliphatic carbocycles. The van der Waals surface area contributed by atoms with E-state index in [9.17, 15) is 9.59 Å². The molecule has 6 heteroatoms. The maximum absolute atomic E-state index is 12.1. The molecule has 0 saturated heterocycles. The first-order valence-electron chi connectivity index (χ1n) is 6.62. The zero-order chi connectivity index (χ0) is 15.0. The van der Waals surface area contributed by atoms with E-state index in [-0.39, 0.29) is 23.3 Å².